The van der Waals surface area contributed by atoms with Gasteiger partial charge in [0.2, 0.25) is 5.91 Å². The van der Waals surface area contributed by atoms with E-state index >= 15 is 0 Å². The number of imide groups is 1. The van der Waals surface area contributed by atoms with E-state index in [-0.39, 0.29) is 6.54 Å². The second-order valence-electron chi connectivity index (χ2n) is 8.59. The Morgan fingerprint density at radius 1 is 1.12 bits per heavy atom. The summed E-state index contributed by atoms with van der Waals surface area (Å²) in [5.74, 6) is -0.926. The molecule has 168 valence electrons. The van der Waals surface area contributed by atoms with E-state index in [1.165, 1.54) is 35.3 Å². The van der Waals surface area contributed by atoms with Crippen molar-refractivity contribution in [2.45, 2.75) is 38.1 Å². The number of urea groups is 1. The zero-order chi connectivity index (χ0) is 23.0. The fourth-order valence-electron chi connectivity index (χ4n) is 4.47. The smallest absolute Gasteiger partial charge is 0.319 e. The minimum atomic E-state index is -1.20. The van der Waals surface area contributed by atoms with Gasteiger partial charge in [-0.05, 0) is 55.4 Å². The number of nitrogens with one attached hydrogen (secondary N) is 2. The van der Waals surface area contributed by atoms with Gasteiger partial charge in [0, 0.05) is 10.9 Å². The van der Waals surface area contributed by atoms with Crippen LogP contribution in [-0.4, -0.2) is 34.3 Å². The summed E-state index contributed by atoms with van der Waals surface area (Å²) in [5.41, 5.74) is 4.08. The number of anilines is 1. The first-order valence-corrected chi connectivity index (χ1v) is 11.9. The molecule has 2 N–H and O–H groups in total. The Bertz CT molecular complexity index is 1240. The Morgan fingerprint density at radius 3 is 2.67 bits per heavy atom. The Hall–Kier alpha value is -3.52. The summed E-state index contributed by atoms with van der Waals surface area (Å²) in [7, 11) is 0. The fourth-order valence-corrected chi connectivity index (χ4v) is 5.20. The molecule has 1 atom stereocenters. The summed E-state index contributed by atoms with van der Waals surface area (Å²) in [5, 5.41) is 7.77. The first kappa shape index (κ1) is 21.3. The maximum atomic E-state index is 13.0. The van der Waals surface area contributed by atoms with Gasteiger partial charge in [-0.15, -0.1) is 11.3 Å². The van der Waals surface area contributed by atoms with Gasteiger partial charge in [0.25, 0.3) is 5.91 Å². The summed E-state index contributed by atoms with van der Waals surface area (Å²) in [4.78, 5) is 43.6. The van der Waals surface area contributed by atoms with Crippen LogP contribution in [0.15, 0.2) is 53.9 Å². The normalized spacial score (nSPS) is 19.8. The van der Waals surface area contributed by atoms with Crippen molar-refractivity contribution in [3.63, 3.8) is 0 Å². The van der Waals surface area contributed by atoms with E-state index in [0.717, 1.165) is 29.0 Å². The molecule has 0 saturated carbocycles. The first-order chi connectivity index (χ1) is 15.9. The van der Waals surface area contributed by atoms with Crippen molar-refractivity contribution in [3.8, 4) is 11.3 Å². The lowest BCUT2D eigenvalue weighted by Gasteiger charge is -2.21. The number of hydrogen-bond acceptors (Lipinski definition) is 5. The second kappa shape index (κ2) is 8.44. The Labute approximate surface area is 195 Å². The maximum absolute atomic E-state index is 13.0. The lowest BCUT2D eigenvalue weighted by atomic mass is 9.90. The van der Waals surface area contributed by atoms with Crippen LogP contribution in [0.4, 0.5) is 9.93 Å². The number of fused-ring (bicyclic) bond motifs is 1. The average Bonchev–Trinajstić information content (AvgIpc) is 3.38. The zero-order valence-electron chi connectivity index (χ0n) is 18.3. The van der Waals surface area contributed by atoms with E-state index in [2.05, 4.69) is 33.8 Å². The average molecular weight is 461 g/mol. The number of carbonyl (C=O) groups is 3. The van der Waals surface area contributed by atoms with Crippen LogP contribution in [0, 0.1) is 0 Å². The van der Waals surface area contributed by atoms with E-state index in [1.54, 1.807) is 31.2 Å². The van der Waals surface area contributed by atoms with Crippen molar-refractivity contribution in [3.05, 3.63) is 70.6 Å². The molecular formula is C25H24N4O3S. The highest BCUT2D eigenvalue weighted by Gasteiger charge is 2.49. The van der Waals surface area contributed by atoms with Crippen molar-refractivity contribution in [2.24, 2.45) is 0 Å². The van der Waals surface area contributed by atoms with Crippen LogP contribution in [0.25, 0.3) is 11.3 Å². The minimum Gasteiger partial charge on any atom is -0.319 e. The van der Waals surface area contributed by atoms with Crippen LogP contribution in [0.2, 0.25) is 0 Å². The number of aryl methyl sites for hydroxylation is 2. The molecule has 2 aliphatic rings. The Kier molecular flexibility index (Phi) is 5.46. The summed E-state index contributed by atoms with van der Waals surface area (Å²) >= 11 is 1.32. The summed E-state index contributed by atoms with van der Waals surface area (Å²) in [6.45, 7) is 1.27. The van der Waals surface area contributed by atoms with Gasteiger partial charge in [0.1, 0.15) is 12.1 Å². The van der Waals surface area contributed by atoms with Crippen molar-refractivity contribution >= 4 is 34.3 Å². The Morgan fingerprint density at radius 2 is 1.88 bits per heavy atom. The third-order valence-corrected chi connectivity index (χ3v) is 7.08. The molecule has 1 aliphatic carbocycles. The van der Waals surface area contributed by atoms with Crippen LogP contribution in [0.3, 0.4) is 0 Å². The number of amides is 4. The molecule has 1 saturated heterocycles. The lowest BCUT2D eigenvalue weighted by molar-refractivity contribution is -0.133. The molecule has 0 radical (unpaired) electrons. The van der Waals surface area contributed by atoms with Crippen LogP contribution in [-0.2, 0) is 28.0 Å². The van der Waals surface area contributed by atoms with E-state index in [4.69, 9.17) is 0 Å². The molecule has 2 aromatic carbocycles. The number of carbonyl (C=O) groups excluding carboxylic acids is 3. The monoisotopic (exact) mass is 460 g/mol. The quantitative estimate of drug-likeness (QED) is 0.561. The van der Waals surface area contributed by atoms with Crippen molar-refractivity contribution < 1.29 is 14.4 Å². The highest BCUT2D eigenvalue weighted by molar-refractivity contribution is 7.14. The van der Waals surface area contributed by atoms with E-state index in [9.17, 15) is 14.4 Å². The molecule has 2 heterocycles. The van der Waals surface area contributed by atoms with Gasteiger partial charge in [-0.3, -0.25) is 14.5 Å². The summed E-state index contributed by atoms with van der Waals surface area (Å²) in [6, 6.07) is 14.8. The van der Waals surface area contributed by atoms with E-state index < -0.39 is 23.4 Å². The van der Waals surface area contributed by atoms with E-state index in [0.29, 0.717) is 10.7 Å². The van der Waals surface area contributed by atoms with Gasteiger partial charge in [-0.25, -0.2) is 9.78 Å². The molecule has 7 nitrogen and oxygen atoms in total. The minimum absolute atomic E-state index is 0.374. The molecule has 5 rings (SSSR count). The van der Waals surface area contributed by atoms with Gasteiger partial charge < -0.3 is 10.6 Å². The molecule has 1 aromatic heterocycles. The van der Waals surface area contributed by atoms with Crippen LogP contribution in [0.1, 0.15) is 36.5 Å². The number of hydrogen-bond donors (Lipinski definition) is 2. The van der Waals surface area contributed by atoms with Gasteiger partial charge in [0.15, 0.2) is 5.13 Å². The summed E-state index contributed by atoms with van der Waals surface area (Å²) < 4.78 is 0. The molecule has 0 bridgehead atoms. The molecular weight excluding hydrogens is 436 g/mol. The lowest BCUT2D eigenvalue weighted by Crippen LogP contribution is -2.42. The van der Waals surface area contributed by atoms with Crippen LogP contribution < -0.4 is 10.6 Å². The molecule has 8 heteroatoms. The third-order valence-electron chi connectivity index (χ3n) is 6.32. The molecule has 1 unspecified atom stereocenters. The largest absolute Gasteiger partial charge is 0.325 e. The zero-order valence-corrected chi connectivity index (χ0v) is 19.1. The maximum Gasteiger partial charge on any atom is 0.325 e. The second-order valence-corrected chi connectivity index (χ2v) is 9.45. The van der Waals surface area contributed by atoms with Gasteiger partial charge in [0.05, 0.1) is 5.69 Å². The Balaban J connectivity index is 1.26. The molecule has 1 aliphatic heterocycles. The standard InChI is InChI=1S/C25H24N4O3S/c1-25(19-9-3-2-4-10-19)22(31)29(24(32)28-25)14-21(30)27-23-26-20(15-33-23)18-12-11-16-7-5-6-8-17(16)13-18/h2-4,9-13,15H,5-8,14H2,1H3,(H,28,32)(H,26,27,30). The van der Waals surface area contributed by atoms with Gasteiger partial charge in [-0.1, -0.05) is 42.5 Å². The topological polar surface area (TPSA) is 91.4 Å². The summed E-state index contributed by atoms with van der Waals surface area (Å²) in [6.07, 6.45) is 4.66. The first-order valence-electron chi connectivity index (χ1n) is 11.0. The highest BCUT2D eigenvalue weighted by atomic mass is 32.1. The predicted molar refractivity (Wildman–Crippen MR) is 127 cm³/mol. The fraction of sp³-hybridized carbons (Fsp3) is 0.280. The van der Waals surface area contributed by atoms with Crippen molar-refractivity contribution in [1.82, 2.24) is 15.2 Å². The number of nitrogens with zero attached hydrogens (tertiary/aromatic N) is 2. The molecule has 4 amide bonds. The van der Waals surface area contributed by atoms with Gasteiger partial charge in [-0.2, -0.15) is 0 Å². The van der Waals surface area contributed by atoms with Crippen LogP contribution in [0.5, 0.6) is 0 Å². The number of aromatic nitrogens is 1. The molecule has 3 aromatic rings. The number of benzene rings is 2. The number of rotatable bonds is 5. The predicted octanol–water partition coefficient (Wildman–Crippen LogP) is 4.09. The third kappa shape index (κ3) is 4.02. The number of thiazole rings is 1. The van der Waals surface area contributed by atoms with Crippen LogP contribution >= 0.6 is 11.3 Å². The van der Waals surface area contributed by atoms with E-state index in [1.807, 2.05) is 11.4 Å². The van der Waals surface area contributed by atoms with Crippen molar-refractivity contribution in [1.29, 1.82) is 0 Å². The molecule has 33 heavy (non-hydrogen) atoms. The SMILES string of the molecule is CC1(c2ccccc2)NC(=O)N(CC(=O)Nc2nc(-c3ccc4c(c3)CCCC4)cs2)C1=O. The van der Waals surface area contributed by atoms with Gasteiger partial charge >= 0.3 is 6.03 Å². The highest BCUT2D eigenvalue weighted by Crippen LogP contribution is 2.31. The molecule has 1 fully saturated rings. The van der Waals surface area contributed by atoms with Crippen molar-refractivity contribution in [2.75, 3.05) is 11.9 Å². The molecule has 0 spiro atoms.